The molecule has 0 aliphatic rings. The maximum absolute atomic E-state index is 14.1. The van der Waals surface area contributed by atoms with Crippen LogP contribution in [-0.2, 0) is 11.3 Å². The molecule has 3 nitrogen and oxygen atoms in total. The van der Waals surface area contributed by atoms with E-state index in [9.17, 15) is 13.6 Å². The summed E-state index contributed by atoms with van der Waals surface area (Å²) in [5.74, 6) is -1.39. The summed E-state index contributed by atoms with van der Waals surface area (Å²) in [5, 5.41) is 1.87. The van der Waals surface area contributed by atoms with Crippen molar-refractivity contribution in [1.82, 2.24) is 0 Å². The quantitative estimate of drug-likeness (QED) is 0.618. The van der Waals surface area contributed by atoms with Gasteiger partial charge >= 0.3 is 0 Å². The minimum Gasteiger partial charge on any atom is -0.465 e. The summed E-state index contributed by atoms with van der Waals surface area (Å²) in [6.07, 6.45) is 4.30. The fourth-order valence-electron chi connectivity index (χ4n) is 2.17. The maximum Gasteiger partial charge on any atom is 0.251 e. The molecule has 0 atom stereocenters. The number of amides is 1. The molecule has 2 aromatic heterocycles. The Kier molecular flexibility index (Phi) is 4.86. The number of hydrogen-bond donors (Lipinski definition) is 0. The van der Waals surface area contributed by atoms with Crippen LogP contribution in [0.15, 0.2) is 64.6 Å². The van der Waals surface area contributed by atoms with Crippen LogP contribution >= 0.6 is 11.3 Å². The van der Waals surface area contributed by atoms with Crippen LogP contribution in [0.3, 0.4) is 0 Å². The Labute approximate surface area is 141 Å². The maximum atomic E-state index is 14.1. The molecule has 1 aromatic carbocycles. The first-order chi connectivity index (χ1) is 11.6. The van der Waals surface area contributed by atoms with E-state index in [-0.39, 0.29) is 12.2 Å². The van der Waals surface area contributed by atoms with Gasteiger partial charge in [-0.05, 0) is 41.8 Å². The molecule has 3 aromatic rings. The van der Waals surface area contributed by atoms with Crippen LogP contribution < -0.4 is 4.90 Å². The molecule has 0 N–H and O–H groups in total. The molecule has 0 saturated carbocycles. The van der Waals surface area contributed by atoms with Crippen LogP contribution in [0.1, 0.15) is 10.6 Å². The van der Waals surface area contributed by atoms with Crippen LogP contribution in [0.4, 0.5) is 14.5 Å². The van der Waals surface area contributed by atoms with Crippen LogP contribution in [0.25, 0.3) is 6.08 Å². The van der Waals surface area contributed by atoms with Crippen LogP contribution in [0.5, 0.6) is 0 Å². The zero-order valence-corrected chi connectivity index (χ0v) is 13.3. The van der Waals surface area contributed by atoms with Crippen molar-refractivity contribution in [2.24, 2.45) is 0 Å². The molecule has 24 heavy (non-hydrogen) atoms. The molecule has 0 aliphatic carbocycles. The van der Waals surface area contributed by atoms with Gasteiger partial charge in [-0.2, -0.15) is 0 Å². The number of carbonyl (C=O) groups is 1. The second kappa shape index (κ2) is 7.23. The molecule has 0 unspecified atom stereocenters. The molecule has 0 spiro atoms. The number of halogens is 2. The van der Waals surface area contributed by atoms with Crippen molar-refractivity contribution in [3.63, 3.8) is 0 Å². The Morgan fingerprint density at radius 2 is 2.08 bits per heavy atom. The fourth-order valence-corrected chi connectivity index (χ4v) is 2.86. The van der Waals surface area contributed by atoms with Crippen LogP contribution in [0, 0.1) is 11.6 Å². The van der Waals surface area contributed by atoms with Gasteiger partial charge in [0.25, 0.3) is 5.91 Å². The minimum absolute atomic E-state index is 0.0268. The zero-order valence-electron chi connectivity index (χ0n) is 12.5. The molecule has 122 valence electrons. The lowest BCUT2D eigenvalue weighted by atomic mass is 10.2. The van der Waals surface area contributed by atoms with E-state index in [1.165, 1.54) is 40.7 Å². The molecule has 0 bridgehead atoms. The van der Waals surface area contributed by atoms with Crippen molar-refractivity contribution in [3.8, 4) is 0 Å². The Balaban J connectivity index is 1.90. The van der Waals surface area contributed by atoms with Gasteiger partial charge in [0.2, 0.25) is 0 Å². The third-order valence-electron chi connectivity index (χ3n) is 3.29. The number of nitrogens with zero attached hydrogens (tertiary/aromatic N) is 1. The number of carbonyl (C=O) groups excluding carboxylic acids is 1. The summed E-state index contributed by atoms with van der Waals surface area (Å²) >= 11 is 1.46. The average molecular weight is 345 g/mol. The smallest absolute Gasteiger partial charge is 0.251 e. The lowest BCUT2D eigenvalue weighted by Crippen LogP contribution is -2.29. The van der Waals surface area contributed by atoms with Gasteiger partial charge in [0.05, 0.1) is 18.5 Å². The first-order valence-corrected chi connectivity index (χ1v) is 8.02. The molecule has 0 radical (unpaired) electrons. The van der Waals surface area contributed by atoms with Crippen molar-refractivity contribution < 1.29 is 18.0 Å². The van der Waals surface area contributed by atoms with E-state index in [0.29, 0.717) is 5.76 Å². The second-order valence-electron chi connectivity index (χ2n) is 4.95. The molecular formula is C18H13F2NO2S. The summed E-state index contributed by atoms with van der Waals surface area (Å²) in [7, 11) is 0. The predicted molar refractivity (Wildman–Crippen MR) is 89.6 cm³/mol. The van der Waals surface area contributed by atoms with Crippen molar-refractivity contribution in [2.45, 2.75) is 6.54 Å². The highest BCUT2D eigenvalue weighted by atomic mass is 32.1. The zero-order chi connectivity index (χ0) is 16.9. The molecule has 0 saturated heterocycles. The van der Waals surface area contributed by atoms with Gasteiger partial charge in [0.15, 0.2) is 0 Å². The molecular weight excluding hydrogens is 332 g/mol. The molecule has 6 heteroatoms. The first kappa shape index (κ1) is 16.1. The number of rotatable bonds is 5. The van der Waals surface area contributed by atoms with Crippen LogP contribution in [0.2, 0.25) is 0 Å². The van der Waals surface area contributed by atoms with Crippen molar-refractivity contribution in [3.05, 3.63) is 82.5 Å². The monoisotopic (exact) mass is 345 g/mol. The lowest BCUT2D eigenvalue weighted by Gasteiger charge is -2.21. The molecule has 1 amide bonds. The topological polar surface area (TPSA) is 33.5 Å². The molecule has 0 fully saturated rings. The Morgan fingerprint density at radius 3 is 2.75 bits per heavy atom. The Morgan fingerprint density at radius 1 is 1.21 bits per heavy atom. The lowest BCUT2D eigenvalue weighted by molar-refractivity contribution is -0.114. The van der Waals surface area contributed by atoms with E-state index in [0.717, 1.165) is 17.0 Å². The van der Waals surface area contributed by atoms with E-state index in [4.69, 9.17) is 4.42 Å². The summed E-state index contributed by atoms with van der Waals surface area (Å²) in [4.78, 5) is 14.7. The Hall–Kier alpha value is -2.73. The second-order valence-corrected chi connectivity index (χ2v) is 5.98. The summed E-state index contributed by atoms with van der Waals surface area (Å²) in [6.45, 7) is 0.196. The summed E-state index contributed by atoms with van der Waals surface area (Å²) in [6, 6.07) is 10.3. The molecule has 0 aliphatic heterocycles. The third-order valence-corrected chi connectivity index (χ3v) is 4.16. The number of thiophene rings is 1. The fraction of sp³-hybridized carbons (Fsp3) is 0.0556. The highest BCUT2D eigenvalue weighted by Crippen LogP contribution is 2.24. The number of anilines is 1. The third kappa shape index (κ3) is 3.78. The average Bonchev–Trinajstić information content (AvgIpc) is 3.24. The molecule has 2 heterocycles. The van der Waals surface area contributed by atoms with Crippen molar-refractivity contribution >= 4 is 29.0 Å². The van der Waals surface area contributed by atoms with E-state index < -0.39 is 17.5 Å². The van der Waals surface area contributed by atoms with E-state index in [1.807, 2.05) is 17.5 Å². The van der Waals surface area contributed by atoms with Crippen molar-refractivity contribution in [2.75, 3.05) is 4.90 Å². The first-order valence-electron chi connectivity index (χ1n) is 7.14. The number of hydrogen-bond acceptors (Lipinski definition) is 3. The summed E-state index contributed by atoms with van der Waals surface area (Å²) < 4.78 is 32.4. The van der Waals surface area contributed by atoms with Gasteiger partial charge in [-0.1, -0.05) is 6.07 Å². The highest BCUT2D eigenvalue weighted by Gasteiger charge is 2.18. The normalized spacial score (nSPS) is 11.1. The Bertz CT molecular complexity index is 842. The van der Waals surface area contributed by atoms with Crippen molar-refractivity contribution in [1.29, 1.82) is 0 Å². The largest absolute Gasteiger partial charge is 0.465 e. The van der Waals surface area contributed by atoms with E-state index in [2.05, 4.69) is 0 Å². The number of furan rings is 1. The standard InChI is InChI=1S/C18H13F2NO2S/c19-13-5-7-17(16(20)11-13)21(12-15-4-2-10-24-15)18(22)8-6-14-3-1-9-23-14/h1-11H,12H2/b8-6+. The predicted octanol–water partition coefficient (Wildman–Crippen LogP) is 4.87. The van der Waals surface area contributed by atoms with Gasteiger partial charge < -0.3 is 9.32 Å². The van der Waals surface area contributed by atoms with Gasteiger partial charge in [-0.3, -0.25) is 4.79 Å². The number of benzene rings is 1. The van der Waals surface area contributed by atoms with Gasteiger partial charge in [0.1, 0.15) is 17.4 Å². The van der Waals surface area contributed by atoms with E-state index in [1.54, 1.807) is 12.1 Å². The minimum atomic E-state index is -0.786. The molecule has 3 rings (SSSR count). The van der Waals surface area contributed by atoms with E-state index >= 15 is 0 Å². The van der Waals surface area contributed by atoms with Gasteiger partial charge in [0, 0.05) is 17.0 Å². The SMILES string of the molecule is O=C(/C=C/c1ccco1)N(Cc1cccs1)c1ccc(F)cc1F. The van der Waals surface area contributed by atoms with Crippen LogP contribution in [-0.4, -0.2) is 5.91 Å². The highest BCUT2D eigenvalue weighted by molar-refractivity contribution is 7.09. The summed E-state index contributed by atoms with van der Waals surface area (Å²) in [5.41, 5.74) is 0.0268. The van der Waals surface area contributed by atoms with Gasteiger partial charge in [-0.25, -0.2) is 8.78 Å². The van der Waals surface area contributed by atoms with Gasteiger partial charge in [-0.15, -0.1) is 11.3 Å².